The molecule has 1 heterocycles. The minimum Gasteiger partial charge on any atom is -0.368 e. The highest BCUT2D eigenvalue weighted by Gasteiger charge is 2.21. The molecule has 22 heavy (non-hydrogen) atoms. The lowest BCUT2D eigenvalue weighted by Crippen LogP contribution is -2.49. The first-order valence-electron chi connectivity index (χ1n) is 8.14. The molecule has 1 aliphatic heterocycles. The Labute approximate surface area is 138 Å². The van der Waals surface area contributed by atoms with Crippen molar-refractivity contribution in [3.05, 3.63) is 29.3 Å². The number of carbonyl (C=O) groups excluding carboxylic acids is 1. The Hall–Kier alpha value is -1.26. The molecule has 2 rings (SSSR count). The van der Waals surface area contributed by atoms with Gasteiger partial charge in [-0.05, 0) is 31.3 Å². The van der Waals surface area contributed by atoms with Crippen LogP contribution in [0.25, 0.3) is 0 Å². The lowest BCUT2D eigenvalue weighted by atomic mass is 10.2. The van der Waals surface area contributed by atoms with E-state index in [1.54, 1.807) is 0 Å². The quantitative estimate of drug-likeness (QED) is 0.805. The first-order valence-corrected chi connectivity index (χ1v) is 8.52. The van der Waals surface area contributed by atoms with Gasteiger partial charge < -0.3 is 14.7 Å². The van der Waals surface area contributed by atoms with Gasteiger partial charge >= 0.3 is 0 Å². The van der Waals surface area contributed by atoms with Crippen molar-refractivity contribution in [2.75, 3.05) is 50.7 Å². The van der Waals surface area contributed by atoms with Crippen LogP contribution in [0.15, 0.2) is 24.3 Å². The van der Waals surface area contributed by atoms with Crippen LogP contribution in [0.1, 0.15) is 20.3 Å². The van der Waals surface area contributed by atoms with E-state index in [2.05, 4.69) is 29.7 Å². The van der Waals surface area contributed by atoms with Gasteiger partial charge in [0.05, 0.1) is 0 Å². The average Bonchev–Trinajstić information content (AvgIpc) is 2.56. The summed E-state index contributed by atoms with van der Waals surface area (Å²) in [5.74, 6) is 0.276. The predicted molar refractivity (Wildman–Crippen MR) is 92.7 cm³/mol. The standard InChI is InChI=1S/C17H26ClN3O/c1-3-19(4-2)9-8-17(22)21-12-10-20(11-13-21)16-7-5-6-15(18)14-16/h5-7,14H,3-4,8-13H2,1-2H3. The van der Waals surface area contributed by atoms with Crippen molar-refractivity contribution in [3.8, 4) is 0 Å². The van der Waals surface area contributed by atoms with E-state index in [-0.39, 0.29) is 5.91 Å². The van der Waals surface area contributed by atoms with Gasteiger partial charge in [-0.2, -0.15) is 0 Å². The summed E-state index contributed by atoms with van der Waals surface area (Å²) in [7, 11) is 0. The van der Waals surface area contributed by atoms with Gasteiger partial charge in [0.25, 0.3) is 0 Å². The summed E-state index contributed by atoms with van der Waals surface area (Å²) in [6, 6.07) is 7.92. The van der Waals surface area contributed by atoms with Gasteiger partial charge in [-0.15, -0.1) is 0 Å². The molecule has 0 aromatic heterocycles. The largest absolute Gasteiger partial charge is 0.368 e. The third-order valence-electron chi connectivity index (χ3n) is 4.34. The molecule has 0 radical (unpaired) electrons. The van der Waals surface area contributed by atoms with Crippen molar-refractivity contribution in [2.45, 2.75) is 20.3 Å². The van der Waals surface area contributed by atoms with Crippen LogP contribution in [0.5, 0.6) is 0 Å². The van der Waals surface area contributed by atoms with E-state index in [4.69, 9.17) is 11.6 Å². The van der Waals surface area contributed by atoms with Gasteiger partial charge in [-0.3, -0.25) is 4.79 Å². The Kier molecular flexibility index (Phi) is 6.52. The second kappa shape index (κ2) is 8.39. The van der Waals surface area contributed by atoms with Gasteiger partial charge in [-0.1, -0.05) is 31.5 Å². The molecule has 0 spiro atoms. The van der Waals surface area contributed by atoms with E-state index in [0.29, 0.717) is 6.42 Å². The zero-order valence-corrected chi connectivity index (χ0v) is 14.4. The normalized spacial score (nSPS) is 15.5. The van der Waals surface area contributed by atoms with Crippen molar-refractivity contribution in [2.24, 2.45) is 0 Å². The molecule has 1 fully saturated rings. The number of anilines is 1. The number of hydrogen-bond acceptors (Lipinski definition) is 3. The van der Waals surface area contributed by atoms with Crippen molar-refractivity contribution in [1.82, 2.24) is 9.80 Å². The molecule has 0 bridgehead atoms. The second-order valence-corrected chi connectivity index (χ2v) is 6.06. The number of benzene rings is 1. The van der Waals surface area contributed by atoms with Crippen molar-refractivity contribution in [3.63, 3.8) is 0 Å². The smallest absolute Gasteiger partial charge is 0.223 e. The van der Waals surface area contributed by atoms with E-state index >= 15 is 0 Å². The van der Waals surface area contributed by atoms with Gasteiger partial charge in [0.2, 0.25) is 5.91 Å². The average molecular weight is 324 g/mol. The molecule has 0 aliphatic carbocycles. The number of piperazine rings is 1. The molecule has 1 saturated heterocycles. The van der Waals surface area contributed by atoms with E-state index in [0.717, 1.165) is 56.5 Å². The number of amides is 1. The molecular formula is C17H26ClN3O. The fraction of sp³-hybridized carbons (Fsp3) is 0.588. The molecule has 5 heteroatoms. The Balaban J connectivity index is 1.80. The summed E-state index contributed by atoms with van der Waals surface area (Å²) in [4.78, 5) is 18.9. The first kappa shape index (κ1) is 17.1. The van der Waals surface area contributed by atoms with Gasteiger partial charge in [0.1, 0.15) is 0 Å². The van der Waals surface area contributed by atoms with Crippen LogP contribution in [-0.2, 0) is 4.79 Å². The molecule has 1 aromatic rings. The number of halogens is 1. The highest BCUT2D eigenvalue weighted by molar-refractivity contribution is 6.30. The van der Waals surface area contributed by atoms with Crippen LogP contribution in [0.2, 0.25) is 5.02 Å². The maximum Gasteiger partial charge on any atom is 0.223 e. The van der Waals surface area contributed by atoms with Crippen LogP contribution in [0.4, 0.5) is 5.69 Å². The molecule has 0 atom stereocenters. The number of carbonyl (C=O) groups is 1. The zero-order valence-electron chi connectivity index (χ0n) is 13.6. The molecule has 1 amide bonds. The topological polar surface area (TPSA) is 26.8 Å². The van der Waals surface area contributed by atoms with Crippen molar-refractivity contribution >= 4 is 23.2 Å². The first-order chi connectivity index (χ1) is 10.6. The maximum absolute atomic E-state index is 12.3. The number of nitrogens with zero attached hydrogens (tertiary/aromatic N) is 3. The molecule has 0 N–H and O–H groups in total. The Morgan fingerprint density at radius 3 is 2.45 bits per heavy atom. The predicted octanol–water partition coefficient (Wildman–Crippen LogP) is 2.72. The highest BCUT2D eigenvalue weighted by atomic mass is 35.5. The lowest BCUT2D eigenvalue weighted by Gasteiger charge is -2.36. The summed E-state index contributed by atoms with van der Waals surface area (Å²) in [6.45, 7) is 10.5. The monoisotopic (exact) mass is 323 g/mol. The minimum atomic E-state index is 0.276. The lowest BCUT2D eigenvalue weighted by molar-refractivity contribution is -0.131. The summed E-state index contributed by atoms with van der Waals surface area (Å²) < 4.78 is 0. The van der Waals surface area contributed by atoms with Gasteiger partial charge in [-0.25, -0.2) is 0 Å². The molecular weight excluding hydrogens is 298 g/mol. The summed E-state index contributed by atoms with van der Waals surface area (Å²) in [6.07, 6.45) is 0.624. The molecule has 0 unspecified atom stereocenters. The molecule has 122 valence electrons. The van der Waals surface area contributed by atoms with Gasteiger partial charge in [0.15, 0.2) is 0 Å². The number of rotatable bonds is 6. The van der Waals surface area contributed by atoms with Crippen LogP contribution >= 0.6 is 11.6 Å². The fourth-order valence-electron chi connectivity index (χ4n) is 2.84. The summed E-state index contributed by atoms with van der Waals surface area (Å²) in [5, 5.41) is 0.759. The SMILES string of the molecule is CCN(CC)CCC(=O)N1CCN(c2cccc(Cl)c2)CC1. The minimum absolute atomic E-state index is 0.276. The van der Waals surface area contributed by atoms with Crippen LogP contribution in [0, 0.1) is 0 Å². The second-order valence-electron chi connectivity index (χ2n) is 5.62. The Morgan fingerprint density at radius 2 is 1.86 bits per heavy atom. The van der Waals surface area contributed by atoms with Gasteiger partial charge in [0, 0.05) is 49.9 Å². The summed E-state index contributed by atoms with van der Waals surface area (Å²) in [5.41, 5.74) is 1.14. The zero-order chi connectivity index (χ0) is 15.9. The van der Waals surface area contributed by atoms with E-state index in [9.17, 15) is 4.79 Å². The van der Waals surface area contributed by atoms with Crippen LogP contribution < -0.4 is 4.90 Å². The van der Waals surface area contributed by atoms with Crippen LogP contribution in [-0.4, -0.2) is 61.5 Å². The Morgan fingerprint density at radius 1 is 1.18 bits per heavy atom. The highest BCUT2D eigenvalue weighted by Crippen LogP contribution is 2.20. The van der Waals surface area contributed by atoms with Crippen LogP contribution in [0.3, 0.4) is 0 Å². The van der Waals surface area contributed by atoms with Crippen molar-refractivity contribution in [1.29, 1.82) is 0 Å². The third kappa shape index (κ3) is 4.62. The fourth-order valence-corrected chi connectivity index (χ4v) is 3.02. The molecule has 1 aromatic carbocycles. The summed E-state index contributed by atoms with van der Waals surface area (Å²) >= 11 is 6.05. The molecule has 4 nitrogen and oxygen atoms in total. The third-order valence-corrected chi connectivity index (χ3v) is 4.58. The van der Waals surface area contributed by atoms with Crippen molar-refractivity contribution < 1.29 is 4.79 Å². The number of hydrogen-bond donors (Lipinski definition) is 0. The molecule has 0 saturated carbocycles. The van der Waals surface area contributed by atoms with E-state index in [1.807, 2.05) is 23.1 Å². The maximum atomic E-state index is 12.3. The Bertz CT molecular complexity index is 483. The van der Waals surface area contributed by atoms with E-state index < -0.39 is 0 Å². The molecule has 1 aliphatic rings. The van der Waals surface area contributed by atoms with E-state index in [1.165, 1.54) is 0 Å².